The zero-order valence-corrected chi connectivity index (χ0v) is 19.6. The number of pyridine rings is 1. The number of rotatable bonds is 4. The second kappa shape index (κ2) is 9.52. The van der Waals surface area contributed by atoms with Gasteiger partial charge in [-0.25, -0.2) is 14.8 Å². The first kappa shape index (κ1) is 24.4. The van der Waals surface area contributed by atoms with E-state index >= 15 is 0 Å². The van der Waals surface area contributed by atoms with Crippen molar-refractivity contribution in [3.8, 4) is 11.4 Å². The lowest BCUT2D eigenvalue weighted by molar-refractivity contribution is -0.137. The minimum atomic E-state index is -4.42. The molecule has 2 N–H and O–H groups in total. The number of halogens is 3. The Balaban J connectivity index is 1.64. The van der Waals surface area contributed by atoms with Crippen molar-refractivity contribution < 1.29 is 22.7 Å². The fourth-order valence-electron chi connectivity index (χ4n) is 3.82. The highest BCUT2D eigenvalue weighted by molar-refractivity contribution is 5.69. The molecule has 2 aromatic heterocycles. The summed E-state index contributed by atoms with van der Waals surface area (Å²) in [5.74, 6) is 0.969. The molecule has 7 nitrogen and oxygen atoms in total. The van der Waals surface area contributed by atoms with E-state index in [9.17, 15) is 18.0 Å². The molecule has 0 aliphatic heterocycles. The molecule has 0 fully saturated rings. The summed E-state index contributed by atoms with van der Waals surface area (Å²) in [6, 6.07) is 8.16. The molecule has 0 spiro atoms. The lowest BCUT2D eigenvalue weighted by Gasteiger charge is -2.28. The van der Waals surface area contributed by atoms with Crippen molar-refractivity contribution in [2.45, 2.75) is 57.9 Å². The zero-order chi connectivity index (χ0) is 25.2. The summed E-state index contributed by atoms with van der Waals surface area (Å²) in [6.45, 7) is 5.38. The number of fused-ring (bicyclic) bond motifs is 1. The van der Waals surface area contributed by atoms with Gasteiger partial charge in [0.25, 0.3) is 0 Å². The Hall–Kier alpha value is -3.69. The topological polar surface area (TPSA) is 89.0 Å². The van der Waals surface area contributed by atoms with E-state index in [1.807, 2.05) is 0 Å². The summed E-state index contributed by atoms with van der Waals surface area (Å²) in [6.07, 6.45) is 0.0775. The summed E-state index contributed by atoms with van der Waals surface area (Å²) in [7, 11) is 0. The van der Waals surface area contributed by atoms with Gasteiger partial charge in [-0.3, -0.25) is 4.98 Å². The third-order valence-electron chi connectivity index (χ3n) is 5.41. The molecule has 1 amide bonds. The maximum absolute atomic E-state index is 13.0. The normalized spacial score (nSPS) is 15.8. The smallest absolute Gasteiger partial charge is 0.416 e. The van der Waals surface area contributed by atoms with Crippen LogP contribution in [0.1, 0.15) is 44.0 Å². The van der Waals surface area contributed by atoms with Crippen LogP contribution < -0.4 is 10.6 Å². The lowest BCUT2D eigenvalue weighted by Crippen LogP contribution is -2.42. The van der Waals surface area contributed by atoms with Crippen molar-refractivity contribution in [2.75, 3.05) is 5.32 Å². The molecular formula is C25H26F3N5O2. The van der Waals surface area contributed by atoms with Gasteiger partial charge in [-0.2, -0.15) is 13.2 Å². The number of aromatic nitrogens is 3. The summed E-state index contributed by atoms with van der Waals surface area (Å²) in [5, 5.41) is 6.05. The second-order valence-corrected chi connectivity index (χ2v) is 9.34. The van der Waals surface area contributed by atoms with Crippen molar-refractivity contribution >= 4 is 17.6 Å². The van der Waals surface area contributed by atoms with Gasteiger partial charge >= 0.3 is 12.3 Å². The number of alkyl carbamates (subject to hydrolysis) is 1. The number of carbonyl (C=O) groups is 1. The summed E-state index contributed by atoms with van der Waals surface area (Å²) >= 11 is 0. The van der Waals surface area contributed by atoms with Gasteiger partial charge in [0.1, 0.15) is 11.4 Å². The van der Waals surface area contributed by atoms with E-state index < -0.39 is 23.4 Å². The molecule has 3 aromatic rings. The Labute approximate surface area is 201 Å². The minimum Gasteiger partial charge on any atom is -0.444 e. The average Bonchev–Trinajstić information content (AvgIpc) is 2.78. The maximum Gasteiger partial charge on any atom is 0.416 e. The van der Waals surface area contributed by atoms with Crippen molar-refractivity contribution in [3.05, 3.63) is 65.6 Å². The fraction of sp³-hybridized carbons (Fsp3) is 0.360. The first-order chi connectivity index (χ1) is 16.5. The molecule has 0 saturated heterocycles. The molecule has 184 valence electrons. The van der Waals surface area contributed by atoms with Crippen LogP contribution in [0.5, 0.6) is 0 Å². The quantitative estimate of drug-likeness (QED) is 0.494. The van der Waals surface area contributed by atoms with Crippen LogP contribution >= 0.6 is 0 Å². The van der Waals surface area contributed by atoms with E-state index in [0.717, 1.165) is 29.0 Å². The van der Waals surface area contributed by atoms with E-state index in [4.69, 9.17) is 9.72 Å². The Morgan fingerprint density at radius 3 is 2.34 bits per heavy atom. The Kier molecular flexibility index (Phi) is 6.64. The molecule has 1 aromatic carbocycles. The van der Waals surface area contributed by atoms with Gasteiger partial charge in [0.15, 0.2) is 5.82 Å². The number of ether oxygens (including phenoxy) is 1. The van der Waals surface area contributed by atoms with Crippen LogP contribution in [0.15, 0.2) is 48.8 Å². The van der Waals surface area contributed by atoms with Gasteiger partial charge in [0.05, 0.1) is 5.56 Å². The van der Waals surface area contributed by atoms with E-state index in [0.29, 0.717) is 36.6 Å². The Morgan fingerprint density at radius 2 is 1.71 bits per heavy atom. The second-order valence-electron chi connectivity index (χ2n) is 9.34. The molecule has 1 aliphatic rings. The maximum atomic E-state index is 13.0. The van der Waals surface area contributed by atoms with E-state index in [2.05, 4.69) is 20.6 Å². The van der Waals surface area contributed by atoms with Gasteiger partial charge in [0, 0.05) is 40.9 Å². The van der Waals surface area contributed by atoms with Gasteiger partial charge in [-0.1, -0.05) is 0 Å². The van der Waals surface area contributed by atoms with Crippen LogP contribution in [0.2, 0.25) is 0 Å². The predicted octanol–water partition coefficient (Wildman–Crippen LogP) is 5.68. The number of anilines is 2. The first-order valence-corrected chi connectivity index (χ1v) is 11.2. The van der Waals surface area contributed by atoms with Crippen LogP contribution in [0.4, 0.5) is 29.5 Å². The van der Waals surface area contributed by atoms with Gasteiger partial charge in [0.2, 0.25) is 0 Å². The molecule has 2 heterocycles. The van der Waals surface area contributed by atoms with E-state index in [1.54, 1.807) is 45.3 Å². The Morgan fingerprint density at radius 1 is 1.03 bits per heavy atom. The third kappa shape index (κ3) is 6.26. The SMILES string of the molecule is CC(C)(C)OC(=O)N[C@H]1CCc2nc(-c3ccncc3)nc(Nc3ccc(C(F)(F)F)cc3)c2C1. The van der Waals surface area contributed by atoms with Crippen LogP contribution in [0.3, 0.4) is 0 Å². The number of nitrogens with one attached hydrogen (secondary N) is 2. The number of nitrogens with zero attached hydrogens (tertiary/aromatic N) is 3. The molecule has 1 atom stereocenters. The van der Waals surface area contributed by atoms with Crippen molar-refractivity contribution in [2.24, 2.45) is 0 Å². The third-order valence-corrected chi connectivity index (χ3v) is 5.41. The largest absolute Gasteiger partial charge is 0.444 e. The number of carbonyl (C=O) groups excluding carboxylic acids is 1. The molecule has 35 heavy (non-hydrogen) atoms. The van der Waals surface area contributed by atoms with Gasteiger partial charge in [-0.05, 0) is 76.4 Å². The number of aryl methyl sites for hydroxylation is 1. The predicted molar refractivity (Wildman–Crippen MR) is 125 cm³/mol. The molecule has 0 unspecified atom stereocenters. The number of hydrogen-bond donors (Lipinski definition) is 2. The van der Waals surface area contributed by atoms with Crippen LogP contribution in [0, 0.1) is 0 Å². The zero-order valence-electron chi connectivity index (χ0n) is 19.6. The Bertz CT molecular complexity index is 1190. The van der Waals surface area contributed by atoms with Crippen LogP contribution in [-0.2, 0) is 23.8 Å². The van der Waals surface area contributed by atoms with E-state index in [1.165, 1.54) is 12.1 Å². The summed E-state index contributed by atoms with van der Waals surface area (Å²) < 4.78 is 44.3. The molecular weight excluding hydrogens is 459 g/mol. The standard InChI is InChI=1S/C25H26F3N5O2/c1-24(2,3)35-23(34)31-18-8-9-20-19(14-18)22(33-21(32-20)15-10-12-29-13-11-15)30-17-6-4-16(5-7-17)25(26,27)28/h4-7,10-13,18H,8-9,14H2,1-3H3,(H,31,34)(H,30,32,33)/t18-/m0/s1. The van der Waals surface area contributed by atoms with Crippen LogP contribution in [0.25, 0.3) is 11.4 Å². The molecule has 0 radical (unpaired) electrons. The summed E-state index contributed by atoms with van der Waals surface area (Å²) in [4.78, 5) is 25.7. The first-order valence-electron chi connectivity index (χ1n) is 11.2. The monoisotopic (exact) mass is 485 g/mol. The number of benzene rings is 1. The van der Waals surface area contributed by atoms with Crippen molar-refractivity contribution in [1.82, 2.24) is 20.3 Å². The molecule has 10 heteroatoms. The fourth-order valence-corrected chi connectivity index (χ4v) is 3.82. The highest BCUT2D eigenvalue weighted by Crippen LogP contribution is 2.33. The highest BCUT2D eigenvalue weighted by atomic mass is 19.4. The highest BCUT2D eigenvalue weighted by Gasteiger charge is 2.30. The van der Waals surface area contributed by atoms with Crippen molar-refractivity contribution in [3.63, 3.8) is 0 Å². The number of amides is 1. The number of alkyl halides is 3. The van der Waals surface area contributed by atoms with Crippen molar-refractivity contribution in [1.29, 1.82) is 0 Å². The number of hydrogen-bond acceptors (Lipinski definition) is 6. The van der Waals surface area contributed by atoms with Crippen LogP contribution in [-0.4, -0.2) is 32.7 Å². The van der Waals surface area contributed by atoms with Gasteiger partial charge < -0.3 is 15.4 Å². The lowest BCUT2D eigenvalue weighted by atomic mass is 9.91. The summed E-state index contributed by atoms with van der Waals surface area (Å²) in [5.41, 5.74) is 1.51. The minimum absolute atomic E-state index is 0.194. The van der Waals surface area contributed by atoms with E-state index in [-0.39, 0.29) is 6.04 Å². The molecule has 0 bridgehead atoms. The molecule has 0 saturated carbocycles. The average molecular weight is 486 g/mol. The molecule has 4 rings (SSSR count). The van der Waals surface area contributed by atoms with Gasteiger partial charge in [-0.15, -0.1) is 0 Å². The molecule has 1 aliphatic carbocycles.